The van der Waals surface area contributed by atoms with Gasteiger partial charge in [0, 0.05) is 13.0 Å². The van der Waals surface area contributed by atoms with E-state index in [-0.39, 0.29) is 23.8 Å². The van der Waals surface area contributed by atoms with Crippen molar-refractivity contribution < 1.29 is 28.6 Å². The Bertz CT molecular complexity index is 1230. The van der Waals surface area contributed by atoms with Gasteiger partial charge in [-0.3, -0.25) is 10.1 Å². The van der Waals surface area contributed by atoms with Gasteiger partial charge in [0.2, 0.25) is 0 Å². The molecule has 0 bridgehead atoms. The molecule has 2 N–H and O–H groups in total. The molecule has 1 aliphatic rings. The van der Waals surface area contributed by atoms with Gasteiger partial charge in [-0.15, -0.1) is 0 Å². The summed E-state index contributed by atoms with van der Waals surface area (Å²) in [5.41, 5.74) is 3.68. The maximum absolute atomic E-state index is 15.0. The van der Waals surface area contributed by atoms with Crippen LogP contribution in [0.1, 0.15) is 34.3 Å². The van der Waals surface area contributed by atoms with Crippen molar-refractivity contribution in [3.63, 3.8) is 0 Å². The summed E-state index contributed by atoms with van der Waals surface area (Å²) in [7, 11) is 1.27. The second-order valence-electron chi connectivity index (χ2n) is 8.05. The fourth-order valence-electron chi connectivity index (χ4n) is 4.07. The third-order valence-corrected chi connectivity index (χ3v) is 6.07. The molecule has 3 aromatic carbocycles. The van der Waals surface area contributed by atoms with Crippen molar-refractivity contribution in [2.75, 3.05) is 19.0 Å². The second-order valence-corrected chi connectivity index (χ2v) is 8.05. The van der Waals surface area contributed by atoms with Crippen molar-refractivity contribution in [1.29, 1.82) is 0 Å². The van der Waals surface area contributed by atoms with E-state index in [0.29, 0.717) is 0 Å². The number of hydrogen-bond acceptors (Lipinski definition) is 4. The number of carboxylic acid groups (broad SMARTS) is 1. The van der Waals surface area contributed by atoms with E-state index < -0.39 is 29.8 Å². The van der Waals surface area contributed by atoms with Gasteiger partial charge < -0.3 is 14.7 Å². The Morgan fingerprint density at radius 3 is 2.18 bits per heavy atom. The van der Waals surface area contributed by atoms with E-state index in [1.54, 1.807) is 0 Å². The first-order valence-electron chi connectivity index (χ1n) is 10.7. The Hall–Kier alpha value is -4.20. The lowest BCUT2D eigenvalue weighted by molar-refractivity contribution is -0.141. The number of carbonyl (C=O) groups excluding carboxylic acids is 2. The van der Waals surface area contributed by atoms with Crippen LogP contribution in [0.5, 0.6) is 0 Å². The SMILES string of the molecule is C[C@@H](C(=O)O)N(C)C(=O)c1cccc(NC(=O)OCC2c3ccccc3-c3ccccc32)c1F. The van der Waals surface area contributed by atoms with E-state index in [4.69, 9.17) is 9.84 Å². The number of anilines is 1. The largest absolute Gasteiger partial charge is 0.480 e. The minimum Gasteiger partial charge on any atom is -0.480 e. The molecule has 1 aliphatic carbocycles. The summed E-state index contributed by atoms with van der Waals surface area (Å²) in [4.78, 5) is 37.1. The third-order valence-electron chi connectivity index (χ3n) is 6.07. The maximum Gasteiger partial charge on any atom is 0.411 e. The highest BCUT2D eigenvalue weighted by atomic mass is 19.1. The number of aliphatic carboxylic acids is 1. The lowest BCUT2D eigenvalue weighted by atomic mass is 9.98. The van der Waals surface area contributed by atoms with Crippen molar-refractivity contribution >= 4 is 23.7 Å². The summed E-state index contributed by atoms with van der Waals surface area (Å²) in [6, 6.07) is 18.6. The topological polar surface area (TPSA) is 95.9 Å². The quantitative estimate of drug-likeness (QED) is 0.552. The van der Waals surface area contributed by atoms with Gasteiger partial charge >= 0.3 is 12.1 Å². The number of amides is 2. The Labute approximate surface area is 195 Å². The normalized spacial score (nSPS) is 12.9. The van der Waals surface area contributed by atoms with Gasteiger partial charge in [-0.05, 0) is 41.3 Å². The number of carbonyl (C=O) groups is 3. The highest BCUT2D eigenvalue weighted by Crippen LogP contribution is 2.44. The van der Waals surface area contributed by atoms with Gasteiger partial charge in [-0.25, -0.2) is 14.0 Å². The number of fused-ring (bicyclic) bond motifs is 3. The van der Waals surface area contributed by atoms with Gasteiger partial charge in [0.25, 0.3) is 5.91 Å². The van der Waals surface area contributed by atoms with Crippen LogP contribution in [0.2, 0.25) is 0 Å². The minimum absolute atomic E-state index is 0.0545. The molecule has 2 amide bonds. The first-order valence-corrected chi connectivity index (χ1v) is 10.7. The van der Waals surface area contributed by atoms with Crippen LogP contribution in [-0.2, 0) is 9.53 Å². The fourth-order valence-corrected chi connectivity index (χ4v) is 4.07. The van der Waals surface area contributed by atoms with Crippen molar-refractivity contribution in [2.24, 2.45) is 0 Å². The fraction of sp³-hybridized carbons (Fsp3) is 0.192. The van der Waals surface area contributed by atoms with E-state index >= 15 is 0 Å². The molecule has 0 heterocycles. The average molecular weight is 462 g/mol. The molecule has 174 valence electrons. The summed E-state index contributed by atoms with van der Waals surface area (Å²) in [6.07, 6.45) is -0.863. The number of carboxylic acids is 1. The number of rotatable bonds is 6. The zero-order chi connectivity index (χ0) is 24.4. The molecule has 4 rings (SSSR count). The van der Waals surface area contributed by atoms with Crippen molar-refractivity contribution in [3.8, 4) is 11.1 Å². The zero-order valence-electron chi connectivity index (χ0n) is 18.6. The van der Waals surface area contributed by atoms with Crippen LogP contribution < -0.4 is 5.32 Å². The molecule has 1 atom stereocenters. The molecule has 0 spiro atoms. The zero-order valence-corrected chi connectivity index (χ0v) is 18.6. The van der Waals surface area contributed by atoms with E-state index in [9.17, 15) is 18.8 Å². The number of benzene rings is 3. The Kier molecular flexibility index (Phi) is 6.32. The van der Waals surface area contributed by atoms with Gasteiger partial charge in [-0.1, -0.05) is 54.6 Å². The van der Waals surface area contributed by atoms with Crippen LogP contribution in [0.4, 0.5) is 14.9 Å². The van der Waals surface area contributed by atoms with Crippen molar-refractivity contribution in [1.82, 2.24) is 4.90 Å². The maximum atomic E-state index is 15.0. The predicted molar refractivity (Wildman–Crippen MR) is 124 cm³/mol. The number of halogens is 1. The summed E-state index contributed by atoms with van der Waals surface area (Å²) >= 11 is 0. The minimum atomic E-state index is -1.22. The summed E-state index contributed by atoms with van der Waals surface area (Å²) < 4.78 is 20.4. The number of hydrogen-bond donors (Lipinski definition) is 2. The molecular weight excluding hydrogens is 439 g/mol. The van der Waals surface area contributed by atoms with Gasteiger partial charge in [-0.2, -0.15) is 0 Å². The summed E-state index contributed by atoms with van der Waals surface area (Å²) in [5.74, 6) is -3.15. The molecule has 0 unspecified atom stereocenters. The lowest BCUT2D eigenvalue weighted by Gasteiger charge is -2.22. The third kappa shape index (κ3) is 4.22. The van der Waals surface area contributed by atoms with E-state index in [0.717, 1.165) is 27.2 Å². The molecular formula is C26H23FN2O5. The van der Waals surface area contributed by atoms with Crippen molar-refractivity contribution in [2.45, 2.75) is 18.9 Å². The average Bonchev–Trinajstić information content (AvgIpc) is 3.16. The van der Waals surface area contributed by atoms with Gasteiger partial charge in [0.05, 0.1) is 11.3 Å². The number of ether oxygens (including phenoxy) is 1. The molecule has 7 nitrogen and oxygen atoms in total. The molecule has 8 heteroatoms. The van der Waals surface area contributed by atoms with Crippen molar-refractivity contribution in [3.05, 3.63) is 89.2 Å². The predicted octanol–water partition coefficient (Wildman–Crippen LogP) is 4.73. The van der Waals surface area contributed by atoms with Crippen LogP contribution in [0.3, 0.4) is 0 Å². The number of likely N-dealkylation sites (N-methyl/N-ethyl adjacent to an activating group) is 1. The lowest BCUT2D eigenvalue weighted by Crippen LogP contribution is -2.40. The summed E-state index contributed by atoms with van der Waals surface area (Å²) in [6.45, 7) is 1.37. The first kappa shape index (κ1) is 23.0. The molecule has 0 saturated heterocycles. The molecule has 34 heavy (non-hydrogen) atoms. The van der Waals surface area contributed by atoms with Crippen LogP contribution in [-0.4, -0.2) is 47.7 Å². The number of nitrogens with zero attached hydrogens (tertiary/aromatic N) is 1. The van der Waals surface area contributed by atoms with Gasteiger partial charge in [0.15, 0.2) is 5.82 Å². The first-order chi connectivity index (χ1) is 16.3. The van der Waals surface area contributed by atoms with Crippen LogP contribution in [0.15, 0.2) is 66.7 Å². The number of nitrogens with one attached hydrogen (secondary N) is 1. The van der Waals surface area contributed by atoms with Crippen LogP contribution in [0.25, 0.3) is 11.1 Å². The van der Waals surface area contributed by atoms with Gasteiger partial charge in [0.1, 0.15) is 12.6 Å². The van der Waals surface area contributed by atoms with E-state index in [2.05, 4.69) is 5.32 Å². The Morgan fingerprint density at radius 1 is 1.00 bits per heavy atom. The molecule has 0 aliphatic heterocycles. The highest BCUT2D eigenvalue weighted by molar-refractivity contribution is 5.98. The summed E-state index contributed by atoms with van der Waals surface area (Å²) in [5, 5.41) is 11.4. The molecule has 3 aromatic rings. The van der Waals surface area contributed by atoms with E-state index in [1.165, 1.54) is 32.2 Å². The molecule has 0 aromatic heterocycles. The molecule has 0 fully saturated rings. The standard InChI is InChI=1S/C26H23FN2O5/c1-15(25(31)32)29(2)24(30)20-12-7-13-22(23(20)27)28-26(33)34-14-21-18-10-5-3-8-16(18)17-9-4-6-11-19(17)21/h3-13,15,21H,14H2,1-2H3,(H,28,33)(H,31,32)/t15-/m0/s1. The Balaban J connectivity index is 1.47. The molecule has 0 saturated carbocycles. The second kappa shape index (κ2) is 9.35. The Morgan fingerprint density at radius 2 is 1.59 bits per heavy atom. The smallest absolute Gasteiger partial charge is 0.411 e. The molecule has 0 radical (unpaired) electrons. The van der Waals surface area contributed by atoms with Crippen LogP contribution >= 0.6 is 0 Å². The highest BCUT2D eigenvalue weighted by Gasteiger charge is 2.29. The van der Waals surface area contributed by atoms with Crippen LogP contribution in [0, 0.1) is 5.82 Å². The van der Waals surface area contributed by atoms with E-state index in [1.807, 2.05) is 48.5 Å². The monoisotopic (exact) mass is 462 g/mol.